The van der Waals surface area contributed by atoms with Gasteiger partial charge in [0.05, 0.1) is 0 Å². The number of nitrogens with zero attached hydrogens (tertiary/aromatic N) is 4. The predicted molar refractivity (Wildman–Crippen MR) is 246 cm³/mol. The summed E-state index contributed by atoms with van der Waals surface area (Å²) < 4.78 is 36.8. The first-order chi connectivity index (χ1) is 27.2. The summed E-state index contributed by atoms with van der Waals surface area (Å²) in [5, 5.41) is 14.1. The van der Waals surface area contributed by atoms with Gasteiger partial charge in [-0.25, -0.2) is 0 Å². The molecule has 0 aromatic rings. The molecule has 4 fully saturated rings. The zero-order valence-corrected chi connectivity index (χ0v) is 42.5. The lowest BCUT2D eigenvalue weighted by Gasteiger charge is -2.46. The van der Waals surface area contributed by atoms with Gasteiger partial charge in [-0.15, -0.1) is 0 Å². The Kier molecular flexibility index (Phi) is 21.8. The number of hydrogen-bond acceptors (Lipinski definition) is 13. The number of piperazine rings is 4. The molecule has 4 aliphatic heterocycles. The van der Waals surface area contributed by atoms with Crippen LogP contribution < -0.4 is 21.3 Å². The van der Waals surface area contributed by atoms with Gasteiger partial charge in [0.1, 0.15) is 0 Å². The van der Waals surface area contributed by atoms with Gasteiger partial charge in [0.15, 0.2) is 0 Å². The van der Waals surface area contributed by atoms with Crippen molar-refractivity contribution in [2.24, 2.45) is 0 Å². The molecule has 17 heteroatoms. The second-order valence-electron chi connectivity index (χ2n) is 18.4. The Hall–Kier alpha value is 0.348. The molecular weight excluding hydrogens is 785 g/mol. The van der Waals surface area contributed by atoms with E-state index < -0.39 is 34.2 Å². The zero-order valence-electron chi connectivity index (χ0n) is 38.5. The fourth-order valence-corrected chi connectivity index (χ4v) is 29.9. The van der Waals surface area contributed by atoms with Crippen molar-refractivity contribution in [3.8, 4) is 0 Å². The Morgan fingerprint density at radius 3 is 0.825 bits per heavy atom. The summed E-state index contributed by atoms with van der Waals surface area (Å²) in [7, 11) is -11.0. The van der Waals surface area contributed by atoms with Gasteiger partial charge in [0.25, 0.3) is 0 Å². The largest absolute Gasteiger partial charge is 0.416 e. The molecule has 0 bridgehead atoms. The molecule has 0 spiro atoms. The molecule has 0 radical (unpaired) electrons. The fraction of sp³-hybridized carbons (Fsp3) is 1.00. The highest BCUT2D eigenvalue weighted by Crippen LogP contribution is 2.35. The van der Waals surface area contributed by atoms with E-state index in [9.17, 15) is 0 Å². The quantitative estimate of drug-likeness (QED) is 0.0939. The number of rotatable bonds is 26. The molecule has 4 heterocycles. The monoisotopic (exact) mass is 875 g/mol. The Morgan fingerprint density at radius 2 is 0.596 bits per heavy atom. The van der Waals surface area contributed by atoms with Crippen molar-refractivity contribution in [3.05, 3.63) is 0 Å². The van der Waals surface area contributed by atoms with E-state index >= 15 is 0 Å². The molecule has 0 aliphatic carbocycles. The molecule has 4 aliphatic rings. The molecule has 4 saturated heterocycles. The Bertz CT molecular complexity index is 1030. The third-order valence-electron chi connectivity index (χ3n) is 13.4. The van der Waals surface area contributed by atoms with E-state index in [2.05, 4.69) is 109 Å². The van der Waals surface area contributed by atoms with Gasteiger partial charge in [-0.05, 0) is 118 Å². The standard InChI is InChI=1S/C40H90N8O5Si4/c1-11-49-54(7,33-13-37(3)45-25-17-41-18-26-45)51-56(9,35-15-39(5)47-29-21-43-22-30-47)53-57(10,36-16-40(6)48-31-23-44-24-32-48)52-55(8,50-12-2)34-14-38(4)46-27-19-42-20-28-46/h37-44H,11-36H2,1-10H3. The fourth-order valence-electron chi connectivity index (χ4n) is 9.64. The van der Waals surface area contributed by atoms with Gasteiger partial charge in [0, 0.05) is 142 Å². The molecule has 4 N–H and O–H groups in total. The van der Waals surface area contributed by atoms with E-state index in [1.807, 2.05) is 0 Å². The van der Waals surface area contributed by atoms with Gasteiger partial charge in [-0.1, -0.05) is 0 Å². The van der Waals surface area contributed by atoms with E-state index in [0.717, 1.165) is 155 Å². The Labute approximate surface area is 354 Å². The molecule has 0 saturated carbocycles. The van der Waals surface area contributed by atoms with Crippen LogP contribution in [0.1, 0.15) is 67.2 Å². The van der Waals surface area contributed by atoms with Gasteiger partial charge >= 0.3 is 34.2 Å². The minimum Gasteiger partial charge on any atom is -0.416 e. The highest BCUT2D eigenvalue weighted by atomic mass is 28.5. The van der Waals surface area contributed by atoms with Crippen LogP contribution >= 0.6 is 0 Å². The lowest BCUT2D eigenvalue weighted by molar-refractivity contribution is 0.164. The third kappa shape index (κ3) is 17.2. The SMILES string of the molecule is CCO[Si](C)(CCC(C)N1CCNCC1)O[Si](C)(CCC(C)N1CCNCC1)O[Si](C)(CCC(C)N1CCNCC1)O[Si](C)(CCC(C)N1CCNCC1)OCC. The topological polar surface area (TPSA) is 107 Å². The van der Waals surface area contributed by atoms with Crippen molar-refractivity contribution < 1.29 is 21.2 Å². The molecule has 4 rings (SSSR count). The second kappa shape index (κ2) is 24.8. The van der Waals surface area contributed by atoms with Crippen molar-refractivity contribution in [1.29, 1.82) is 0 Å². The van der Waals surface area contributed by atoms with Gasteiger partial charge in [-0.2, -0.15) is 0 Å². The number of hydrogen-bond donors (Lipinski definition) is 4. The van der Waals surface area contributed by atoms with E-state index in [1.54, 1.807) is 0 Å². The van der Waals surface area contributed by atoms with Crippen LogP contribution in [-0.2, 0) is 21.2 Å². The molecule has 13 nitrogen and oxygen atoms in total. The second-order valence-corrected chi connectivity index (χ2v) is 32.5. The molecule has 0 amide bonds. The summed E-state index contributed by atoms with van der Waals surface area (Å²) in [5.74, 6) is 0. The minimum absolute atomic E-state index is 0.468. The van der Waals surface area contributed by atoms with Crippen LogP contribution in [0, 0.1) is 0 Å². The highest BCUT2D eigenvalue weighted by Gasteiger charge is 2.51. The van der Waals surface area contributed by atoms with Crippen LogP contribution in [0.4, 0.5) is 0 Å². The molecule has 8 atom stereocenters. The highest BCUT2D eigenvalue weighted by molar-refractivity contribution is 6.88. The van der Waals surface area contributed by atoms with E-state index in [-0.39, 0.29) is 0 Å². The maximum absolute atomic E-state index is 7.88. The van der Waals surface area contributed by atoms with Crippen molar-refractivity contribution in [1.82, 2.24) is 40.9 Å². The number of nitrogens with one attached hydrogen (secondary N) is 4. The summed E-state index contributed by atoms with van der Waals surface area (Å²) >= 11 is 0. The molecular formula is C40H90N8O5Si4. The Morgan fingerprint density at radius 1 is 0.386 bits per heavy atom. The summed E-state index contributed by atoms with van der Waals surface area (Å²) in [6, 6.07) is 5.76. The first-order valence-electron chi connectivity index (χ1n) is 23.4. The van der Waals surface area contributed by atoms with E-state index in [1.165, 1.54) is 0 Å². The minimum atomic E-state index is -2.87. The normalized spacial score (nSPS) is 26.4. The lowest BCUT2D eigenvalue weighted by atomic mass is 10.2. The molecule has 0 aromatic carbocycles. The van der Waals surface area contributed by atoms with Crippen LogP contribution in [0.2, 0.25) is 50.4 Å². The Balaban J connectivity index is 1.61. The van der Waals surface area contributed by atoms with Gasteiger partial charge in [-0.3, -0.25) is 19.6 Å². The maximum atomic E-state index is 7.88. The first kappa shape index (κ1) is 50.0. The van der Waals surface area contributed by atoms with E-state index in [4.69, 9.17) is 21.2 Å². The molecule has 336 valence electrons. The summed E-state index contributed by atoms with van der Waals surface area (Å²) in [6.07, 6.45) is 4.28. The zero-order chi connectivity index (χ0) is 41.4. The molecule has 0 aromatic heterocycles. The third-order valence-corrected chi connectivity index (χ3v) is 30.3. The van der Waals surface area contributed by atoms with Crippen LogP contribution in [0.3, 0.4) is 0 Å². The summed E-state index contributed by atoms with van der Waals surface area (Å²) in [4.78, 5) is 10.6. The van der Waals surface area contributed by atoms with Gasteiger partial charge < -0.3 is 42.5 Å². The van der Waals surface area contributed by atoms with Crippen LogP contribution in [0.5, 0.6) is 0 Å². The molecule has 8 unspecified atom stereocenters. The van der Waals surface area contributed by atoms with Gasteiger partial charge in [0.2, 0.25) is 0 Å². The summed E-state index contributed by atoms with van der Waals surface area (Å²) in [5.41, 5.74) is 0. The van der Waals surface area contributed by atoms with E-state index in [0.29, 0.717) is 37.4 Å². The smallest absolute Gasteiger partial charge is 0.326 e. The average molecular weight is 876 g/mol. The predicted octanol–water partition coefficient (Wildman–Crippen LogP) is 4.13. The maximum Gasteiger partial charge on any atom is 0.326 e. The molecule has 57 heavy (non-hydrogen) atoms. The van der Waals surface area contributed by atoms with Crippen molar-refractivity contribution in [3.63, 3.8) is 0 Å². The van der Waals surface area contributed by atoms with Crippen LogP contribution in [-0.4, -0.2) is 196 Å². The summed E-state index contributed by atoms with van der Waals surface area (Å²) in [6.45, 7) is 42.0. The van der Waals surface area contributed by atoms with Crippen molar-refractivity contribution >= 4 is 34.2 Å². The first-order valence-corrected chi connectivity index (χ1v) is 33.5. The van der Waals surface area contributed by atoms with Crippen molar-refractivity contribution in [2.45, 2.75) is 142 Å². The van der Waals surface area contributed by atoms with Crippen LogP contribution in [0.25, 0.3) is 0 Å². The lowest BCUT2D eigenvalue weighted by Crippen LogP contribution is -2.61. The average Bonchev–Trinajstić information content (AvgIpc) is 3.21. The van der Waals surface area contributed by atoms with Crippen molar-refractivity contribution in [2.75, 3.05) is 118 Å². The van der Waals surface area contributed by atoms with Crippen LogP contribution in [0.15, 0.2) is 0 Å².